The summed E-state index contributed by atoms with van der Waals surface area (Å²) in [6.45, 7) is 8.28. The van der Waals surface area contributed by atoms with Crippen molar-refractivity contribution in [2.75, 3.05) is 11.1 Å². The van der Waals surface area contributed by atoms with Gasteiger partial charge in [-0.15, -0.1) is 0 Å². The van der Waals surface area contributed by atoms with Crippen LogP contribution < -0.4 is 10.9 Å². The van der Waals surface area contributed by atoms with Gasteiger partial charge in [-0.25, -0.2) is 4.98 Å². The molecule has 33 heavy (non-hydrogen) atoms. The number of para-hydroxylation sites is 1. The zero-order chi connectivity index (χ0) is 23.5. The fraction of sp³-hybridized carbons (Fsp3) is 0.222. The molecule has 4 aromatic rings. The Kier molecular flexibility index (Phi) is 6.65. The van der Waals surface area contributed by atoms with E-state index < -0.39 is 0 Å². The molecule has 168 valence electrons. The smallest absolute Gasteiger partial charge is 0.266 e. The van der Waals surface area contributed by atoms with Gasteiger partial charge in [0.25, 0.3) is 5.56 Å². The molecule has 0 atom stereocenters. The number of aromatic nitrogens is 2. The molecule has 0 aliphatic carbocycles. The fourth-order valence-corrected chi connectivity index (χ4v) is 4.48. The Morgan fingerprint density at radius 1 is 1.00 bits per heavy atom. The van der Waals surface area contributed by atoms with E-state index in [2.05, 4.69) is 19.2 Å². The number of anilines is 1. The van der Waals surface area contributed by atoms with Gasteiger partial charge in [0, 0.05) is 5.69 Å². The second-order valence-electron chi connectivity index (χ2n) is 8.38. The van der Waals surface area contributed by atoms with Crippen LogP contribution in [0, 0.1) is 13.8 Å². The quantitative estimate of drug-likeness (QED) is 0.291. The number of aryl methyl sites for hydroxylation is 1. The first-order chi connectivity index (χ1) is 15.8. The second kappa shape index (κ2) is 9.63. The van der Waals surface area contributed by atoms with Crippen molar-refractivity contribution < 1.29 is 4.79 Å². The number of rotatable bonds is 6. The Balaban J connectivity index is 1.65. The van der Waals surface area contributed by atoms with Crippen LogP contribution in [0.2, 0.25) is 0 Å². The zero-order valence-corrected chi connectivity index (χ0v) is 20.1. The van der Waals surface area contributed by atoms with Crippen molar-refractivity contribution in [3.63, 3.8) is 0 Å². The maximum absolute atomic E-state index is 13.4. The van der Waals surface area contributed by atoms with Gasteiger partial charge in [-0.2, -0.15) is 0 Å². The SMILES string of the molecule is Cc1cccc(-n2c(SCC(=O)Nc3ccc(C(C)C)cc3)nc3ccccc3c2=O)c1C. The van der Waals surface area contributed by atoms with Crippen LogP contribution in [-0.2, 0) is 4.79 Å². The Morgan fingerprint density at radius 2 is 1.73 bits per heavy atom. The Hall–Kier alpha value is -3.38. The molecule has 1 N–H and O–H groups in total. The predicted molar refractivity (Wildman–Crippen MR) is 137 cm³/mol. The first kappa shape index (κ1) is 22.8. The van der Waals surface area contributed by atoms with Crippen molar-refractivity contribution in [3.05, 3.63) is 93.8 Å². The number of thioether (sulfide) groups is 1. The minimum atomic E-state index is -0.146. The molecule has 0 saturated heterocycles. The molecule has 0 aliphatic heterocycles. The van der Waals surface area contributed by atoms with Crippen molar-refractivity contribution in [3.8, 4) is 5.69 Å². The number of amides is 1. The van der Waals surface area contributed by atoms with E-state index >= 15 is 0 Å². The van der Waals surface area contributed by atoms with E-state index in [0.29, 0.717) is 22.0 Å². The number of carbonyl (C=O) groups excluding carboxylic acids is 1. The minimum Gasteiger partial charge on any atom is -0.325 e. The number of carbonyl (C=O) groups is 1. The molecule has 1 amide bonds. The molecule has 0 aliphatic rings. The number of benzene rings is 3. The van der Waals surface area contributed by atoms with Gasteiger partial charge >= 0.3 is 0 Å². The molecule has 5 nitrogen and oxygen atoms in total. The lowest BCUT2D eigenvalue weighted by Crippen LogP contribution is -2.23. The van der Waals surface area contributed by atoms with Crippen molar-refractivity contribution in [1.29, 1.82) is 0 Å². The third-order valence-electron chi connectivity index (χ3n) is 5.76. The van der Waals surface area contributed by atoms with Crippen LogP contribution in [0.25, 0.3) is 16.6 Å². The molecule has 0 spiro atoms. The molecular formula is C27H27N3O2S. The molecule has 3 aromatic carbocycles. The van der Waals surface area contributed by atoms with E-state index in [9.17, 15) is 9.59 Å². The molecule has 0 radical (unpaired) electrons. The lowest BCUT2D eigenvalue weighted by atomic mass is 10.0. The summed E-state index contributed by atoms with van der Waals surface area (Å²) >= 11 is 1.26. The summed E-state index contributed by atoms with van der Waals surface area (Å²) in [5, 5.41) is 3.99. The third-order valence-corrected chi connectivity index (χ3v) is 6.69. The normalized spacial score (nSPS) is 11.2. The summed E-state index contributed by atoms with van der Waals surface area (Å²) in [7, 11) is 0. The predicted octanol–water partition coefficient (Wildman–Crippen LogP) is 5.86. The standard InChI is InChI=1S/C27H27N3O2S/c1-17(2)20-12-14-21(15-13-20)28-25(31)16-33-27-29-23-10-6-5-9-22(23)26(32)30(27)24-11-7-8-18(3)19(24)4/h5-15,17H,16H2,1-4H3,(H,28,31). The molecule has 1 heterocycles. The van der Waals surface area contributed by atoms with Crippen LogP contribution in [0.3, 0.4) is 0 Å². The minimum absolute atomic E-state index is 0.138. The highest BCUT2D eigenvalue weighted by molar-refractivity contribution is 7.99. The summed E-state index contributed by atoms with van der Waals surface area (Å²) in [5.74, 6) is 0.431. The maximum atomic E-state index is 13.4. The maximum Gasteiger partial charge on any atom is 0.266 e. The van der Waals surface area contributed by atoms with Crippen molar-refractivity contribution in [1.82, 2.24) is 9.55 Å². The first-order valence-corrected chi connectivity index (χ1v) is 11.9. The van der Waals surface area contributed by atoms with E-state index in [1.165, 1.54) is 17.3 Å². The van der Waals surface area contributed by atoms with Gasteiger partial charge in [0.05, 0.1) is 22.3 Å². The van der Waals surface area contributed by atoms with Gasteiger partial charge in [0.1, 0.15) is 0 Å². The number of nitrogens with one attached hydrogen (secondary N) is 1. The monoisotopic (exact) mass is 457 g/mol. The zero-order valence-electron chi connectivity index (χ0n) is 19.3. The number of hydrogen-bond donors (Lipinski definition) is 1. The summed E-state index contributed by atoms with van der Waals surface area (Å²) in [6, 6.07) is 21.1. The van der Waals surface area contributed by atoms with Gasteiger partial charge in [-0.05, 0) is 66.8 Å². The summed E-state index contributed by atoms with van der Waals surface area (Å²) in [6.07, 6.45) is 0. The summed E-state index contributed by atoms with van der Waals surface area (Å²) < 4.78 is 1.63. The highest BCUT2D eigenvalue weighted by Crippen LogP contribution is 2.25. The van der Waals surface area contributed by atoms with Gasteiger partial charge in [-0.1, -0.05) is 62.0 Å². The Morgan fingerprint density at radius 3 is 2.45 bits per heavy atom. The topological polar surface area (TPSA) is 64.0 Å². The Labute approximate surface area is 197 Å². The van der Waals surface area contributed by atoms with Crippen LogP contribution in [0.1, 0.15) is 36.5 Å². The molecule has 0 fully saturated rings. The van der Waals surface area contributed by atoms with Crippen molar-refractivity contribution in [2.24, 2.45) is 0 Å². The van der Waals surface area contributed by atoms with Crippen LogP contribution in [0.15, 0.2) is 76.7 Å². The van der Waals surface area contributed by atoms with Crippen molar-refractivity contribution in [2.45, 2.75) is 38.8 Å². The third kappa shape index (κ3) is 4.86. The van der Waals surface area contributed by atoms with Gasteiger partial charge in [0.15, 0.2) is 5.16 Å². The number of hydrogen-bond acceptors (Lipinski definition) is 4. The lowest BCUT2D eigenvalue weighted by Gasteiger charge is -2.16. The van der Waals surface area contributed by atoms with E-state index in [-0.39, 0.29) is 17.2 Å². The molecule has 0 unspecified atom stereocenters. The first-order valence-electron chi connectivity index (χ1n) is 11.0. The van der Waals surface area contributed by atoms with Gasteiger partial charge in [0.2, 0.25) is 5.91 Å². The summed E-state index contributed by atoms with van der Waals surface area (Å²) in [4.78, 5) is 30.9. The van der Waals surface area contributed by atoms with Crippen molar-refractivity contribution >= 4 is 34.3 Å². The molecule has 0 saturated carbocycles. The molecule has 1 aromatic heterocycles. The molecule has 6 heteroatoms. The van der Waals surface area contributed by atoms with Crippen LogP contribution in [-0.4, -0.2) is 21.2 Å². The second-order valence-corrected chi connectivity index (χ2v) is 9.33. The molecule has 4 rings (SSSR count). The fourth-order valence-electron chi connectivity index (χ4n) is 3.68. The van der Waals surface area contributed by atoms with Crippen LogP contribution in [0.5, 0.6) is 0 Å². The van der Waals surface area contributed by atoms with Gasteiger partial charge < -0.3 is 5.32 Å². The van der Waals surface area contributed by atoms with Gasteiger partial charge in [-0.3, -0.25) is 14.2 Å². The average molecular weight is 458 g/mol. The van der Waals surface area contributed by atoms with E-state index in [4.69, 9.17) is 4.98 Å². The highest BCUT2D eigenvalue weighted by Gasteiger charge is 2.16. The highest BCUT2D eigenvalue weighted by atomic mass is 32.2. The van der Waals surface area contributed by atoms with Crippen LogP contribution in [0.4, 0.5) is 5.69 Å². The number of fused-ring (bicyclic) bond motifs is 1. The number of nitrogens with zero attached hydrogens (tertiary/aromatic N) is 2. The average Bonchev–Trinajstić information content (AvgIpc) is 2.80. The lowest BCUT2D eigenvalue weighted by molar-refractivity contribution is -0.113. The van der Waals surface area contributed by atoms with Crippen LogP contribution >= 0.6 is 11.8 Å². The molecule has 0 bridgehead atoms. The van der Waals surface area contributed by atoms with E-state index in [1.54, 1.807) is 10.6 Å². The van der Waals surface area contributed by atoms with E-state index in [0.717, 1.165) is 22.5 Å². The van der Waals surface area contributed by atoms with E-state index in [1.807, 2.05) is 74.5 Å². The Bertz CT molecular complexity index is 1370. The summed E-state index contributed by atoms with van der Waals surface area (Å²) in [5.41, 5.74) is 5.34. The molecular weight excluding hydrogens is 430 g/mol. The largest absolute Gasteiger partial charge is 0.325 e.